The van der Waals surface area contributed by atoms with Crippen LogP contribution in [0.3, 0.4) is 0 Å². The van der Waals surface area contributed by atoms with Crippen LogP contribution in [0, 0.1) is 0 Å². The molecular formula is C18H16B2O4. The summed E-state index contributed by atoms with van der Waals surface area (Å²) in [4.78, 5) is 0. The second-order valence-corrected chi connectivity index (χ2v) is 6.17. The molecule has 0 aromatic heterocycles. The Morgan fingerprint density at radius 1 is 0.542 bits per heavy atom. The molecule has 0 bridgehead atoms. The van der Waals surface area contributed by atoms with Crippen molar-refractivity contribution in [3.8, 4) is 0 Å². The fourth-order valence-corrected chi connectivity index (χ4v) is 3.50. The summed E-state index contributed by atoms with van der Waals surface area (Å²) in [6.07, 6.45) is 0. The number of benzene rings is 3. The highest BCUT2D eigenvalue weighted by Crippen LogP contribution is 2.24. The quantitative estimate of drug-likeness (QED) is 0.530. The highest BCUT2D eigenvalue weighted by Gasteiger charge is 2.27. The fourth-order valence-electron chi connectivity index (χ4n) is 3.50. The molecule has 5 rings (SSSR count). The van der Waals surface area contributed by atoms with Gasteiger partial charge in [0.05, 0.1) is 26.4 Å². The summed E-state index contributed by atoms with van der Waals surface area (Å²) in [7, 11) is -0.465. The van der Waals surface area contributed by atoms with Gasteiger partial charge in [0.25, 0.3) is 0 Å². The van der Waals surface area contributed by atoms with Crippen molar-refractivity contribution in [1.29, 1.82) is 0 Å². The van der Waals surface area contributed by atoms with Crippen molar-refractivity contribution in [2.75, 3.05) is 26.4 Å². The van der Waals surface area contributed by atoms with E-state index >= 15 is 0 Å². The standard InChI is InChI=1S/C18H16B2O4/c1-2-14-12-16(20-23-9-10-24-20)4-6-18(14)17-5-3-15(11-13(1)17)19-21-7-8-22-19/h1-6,11-12H,7-10H2. The third kappa shape index (κ3) is 2.43. The molecule has 2 aliphatic heterocycles. The van der Waals surface area contributed by atoms with E-state index in [2.05, 4.69) is 48.5 Å². The molecular weight excluding hydrogens is 302 g/mol. The first kappa shape index (κ1) is 14.5. The van der Waals surface area contributed by atoms with Crippen LogP contribution in [0.2, 0.25) is 0 Å². The SMILES string of the molecule is c1cc2c(ccc3cc(B4OCCO4)ccc32)cc1B1OCCO1. The fraction of sp³-hybridized carbons (Fsp3) is 0.222. The predicted molar refractivity (Wildman–Crippen MR) is 96.0 cm³/mol. The number of hydrogen-bond acceptors (Lipinski definition) is 4. The van der Waals surface area contributed by atoms with Gasteiger partial charge < -0.3 is 18.6 Å². The Balaban J connectivity index is 1.58. The normalized spacial score (nSPS) is 18.2. The maximum absolute atomic E-state index is 5.60. The molecule has 0 unspecified atom stereocenters. The van der Waals surface area contributed by atoms with Crippen molar-refractivity contribution in [3.05, 3.63) is 48.5 Å². The molecule has 0 amide bonds. The summed E-state index contributed by atoms with van der Waals surface area (Å²) in [5, 5.41) is 4.85. The van der Waals surface area contributed by atoms with Crippen molar-refractivity contribution in [2.45, 2.75) is 0 Å². The van der Waals surface area contributed by atoms with Crippen LogP contribution in [0.15, 0.2) is 48.5 Å². The summed E-state index contributed by atoms with van der Waals surface area (Å²) in [5.74, 6) is 0. The summed E-state index contributed by atoms with van der Waals surface area (Å²) in [6.45, 7) is 2.64. The minimum Gasteiger partial charge on any atom is -0.405 e. The first-order valence-electron chi connectivity index (χ1n) is 8.31. The van der Waals surface area contributed by atoms with Crippen LogP contribution in [0.5, 0.6) is 0 Å². The molecule has 0 saturated carbocycles. The minimum absolute atomic E-state index is 0.232. The van der Waals surface area contributed by atoms with Gasteiger partial charge in [0.2, 0.25) is 0 Å². The van der Waals surface area contributed by atoms with Crippen LogP contribution in [-0.2, 0) is 18.6 Å². The zero-order chi connectivity index (χ0) is 15.9. The van der Waals surface area contributed by atoms with Gasteiger partial charge >= 0.3 is 14.2 Å². The van der Waals surface area contributed by atoms with Crippen molar-refractivity contribution in [3.63, 3.8) is 0 Å². The summed E-state index contributed by atoms with van der Waals surface area (Å²) in [5.41, 5.74) is 2.15. The Morgan fingerprint density at radius 2 is 0.958 bits per heavy atom. The molecule has 0 spiro atoms. The van der Waals surface area contributed by atoms with Gasteiger partial charge in [0.1, 0.15) is 0 Å². The van der Waals surface area contributed by atoms with Gasteiger partial charge in [-0.05, 0) is 32.5 Å². The van der Waals surface area contributed by atoms with E-state index in [9.17, 15) is 0 Å². The van der Waals surface area contributed by atoms with E-state index in [1.165, 1.54) is 21.5 Å². The van der Waals surface area contributed by atoms with E-state index in [1.54, 1.807) is 0 Å². The number of fused-ring (bicyclic) bond motifs is 3. The molecule has 3 aromatic rings. The Kier molecular flexibility index (Phi) is 3.56. The molecule has 2 saturated heterocycles. The zero-order valence-electron chi connectivity index (χ0n) is 13.2. The highest BCUT2D eigenvalue weighted by molar-refractivity contribution is 6.62. The second kappa shape index (κ2) is 5.90. The van der Waals surface area contributed by atoms with Gasteiger partial charge in [-0.1, -0.05) is 48.5 Å². The lowest BCUT2D eigenvalue weighted by molar-refractivity contribution is 0.365. The molecule has 4 nitrogen and oxygen atoms in total. The molecule has 24 heavy (non-hydrogen) atoms. The lowest BCUT2D eigenvalue weighted by Gasteiger charge is -2.10. The topological polar surface area (TPSA) is 36.9 Å². The monoisotopic (exact) mass is 318 g/mol. The average Bonchev–Trinajstić information content (AvgIpc) is 3.34. The van der Waals surface area contributed by atoms with E-state index in [4.69, 9.17) is 18.6 Å². The lowest BCUT2D eigenvalue weighted by atomic mass is 9.77. The number of hydrogen-bond donors (Lipinski definition) is 0. The second-order valence-electron chi connectivity index (χ2n) is 6.17. The van der Waals surface area contributed by atoms with E-state index in [0.717, 1.165) is 10.9 Å². The van der Waals surface area contributed by atoms with Gasteiger partial charge in [0.15, 0.2) is 0 Å². The van der Waals surface area contributed by atoms with Crippen molar-refractivity contribution in [1.82, 2.24) is 0 Å². The molecule has 3 aromatic carbocycles. The van der Waals surface area contributed by atoms with Crippen LogP contribution in [0.1, 0.15) is 0 Å². The van der Waals surface area contributed by atoms with Crippen molar-refractivity contribution >= 4 is 46.7 Å². The van der Waals surface area contributed by atoms with Crippen LogP contribution >= 0.6 is 0 Å². The van der Waals surface area contributed by atoms with Gasteiger partial charge in [-0.15, -0.1) is 0 Å². The lowest BCUT2D eigenvalue weighted by Crippen LogP contribution is -2.31. The Bertz CT molecular complexity index is 827. The van der Waals surface area contributed by atoms with Crippen LogP contribution in [0.4, 0.5) is 0 Å². The Labute approximate surface area is 140 Å². The van der Waals surface area contributed by atoms with E-state index in [0.29, 0.717) is 26.4 Å². The highest BCUT2D eigenvalue weighted by atomic mass is 16.6. The minimum atomic E-state index is -0.232. The smallest absolute Gasteiger partial charge is 0.405 e. The summed E-state index contributed by atoms with van der Waals surface area (Å²) >= 11 is 0. The third-order valence-electron chi connectivity index (χ3n) is 4.67. The molecule has 0 radical (unpaired) electrons. The van der Waals surface area contributed by atoms with Crippen LogP contribution < -0.4 is 10.9 Å². The maximum Gasteiger partial charge on any atom is 0.494 e. The van der Waals surface area contributed by atoms with Gasteiger partial charge in [0, 0.05) is 0 Å². The van der Waals surface area contributed by atoms with Gasteiger partial charge in [-0.25, -0.2) is 0 Å². The van der Waals surface area contributed by atoms with Crippen molar-refractivity contribution < 1.29 is 18.6 Å². The first-order chi connectivity index (χ1) is 11.9. The first-order valence-corrected chi connectivity index (χ1v) is 8.31. The molecule has 0 aliphatic carbocycles. The van der Waals surface area contributed by atoms with Crippen molar-refractivity contribution in [2.24, 2.45) is 0 Å². The van der Waals surface area contributed by atoms with Gasteiger partial charge in [-0.2, -0.15) is 0 Å². The molecule has 2 aliphatic rings. The average molecular weight is 318 g/mol. The molecule has 0 N–H and O–H groups in total. The molecule has 6 heteroatoms. The van der Waals surface area contributed by atoms with Crippen LogP contribution in [-0.4, -0.2) is 40.7 Å². The largest absolute Gasteiger partial charge is 0.494 e. The maximum atomic E-state index is 5.60. The number of rotatable bonds is 2. The summed E-state index contributed by atoms with van der Waals surface area (Å²) < 4.78 is 22.4. The van der Waals surface area contributed by atoms with Gasteiger partial charge in [-0.3, -0.25) is 0 Å². The molecule has 0 atom stereocenters. The predicted octanol–water partition coefficient (Wildman–Crippen LogP) is 1.48. The zero-order valence-corrected chi connectivity index (χ0v) is 13.2. The third-order valence-corrected chi connectivity index (χ3v) is 4.67. The molecule has 2 heterocycles. The van der Waals surface area contributed by atoms with E-state index in [-0.39, 0.29) is 14.2 Å². The molecule has 118 valence electrons. The Morgan fingerprint density at radius 3 is 1.38 bits per heavy atom. The van der Waals surface area contributed by atoms with E-state index < -0.39 is 0 Å². The molecule has 2 fully saturated rings. The summed E-state index contributed by atoms with van der Waals surface area (Å²) in [6, 6.07) is 17.1. The van der Waals surface area contributed by atoms with Crippen LogP contribution in [0.25, 0.3) is 21.5 Å². The Hall–Kier alpha value is -1.85. The van der Waals surface area contributed by atoms with E-state index in [1.807, 2.05) is 0 Å².